The highest BCUT2D eigenvalue weighted by molar-refractivity contribution is 6.10. The van der Waals surface area contributed by atoms with Crippen molar-refractivity contribution in [2.75, 3.05) is 26.1 Å². The molecule has 0 aliphatic carbocycles. The van der Waals surface area contributed by atoms with Gasteiger partial charge in [0.05, 0.1) is 43.2 Å². The maximum absolute atomic E-state index is 12.7. The molecule has 2 aromatic rings. The molecule has 0 bridgehead atoms. The number of anilines is 1. The van der Waals surface area contributed by atoms with E-state index in [0.717, 1.165) is 0 Å². The summed E-state index contributed by atoms with van der Waals surface area (Å²) < 4.78 is 14.8. The summed E-state index contributed by atoms with van der Waals surface area (Å²) in [5.41, 5.74) is 0.737. The van der Waals surface area contributed by atoms with E-state index >= 15 is 0 Å². The van der Waals surface area contributed by atoms with E-state index in [1.54, 1.807) is 24.3 Å². The number of para-hydroxylation sites is 1. The van der Waals surface area contributed by atoms with E-state index < -0.39 is 17.8 Å². The van der Waals surface area contributed by atoms with Gasteiger partial charge in [0.2, 0.25) is 0 Å². The molecule has 0 unspecified atom stereocenters. The molecule has 0 aromatic heterocycles. The largest absolute Gasteiger partial charge is 0.493 e. The molecule has 0 aliphatic rings. The molecule has 136 valence electrons. The summed E-state index contributed by atoms with van der Waals surface area (Å²) in [6.07, 6.45) is 0. The Balaban J connectivity index is 2.41. The molecule has 0 aliphatic heterocycles. The molecule has 26 heavy (non-hydrogen) atoms. The van der Waals surface area contributed by atoms with Crippen LogP contribution < -0.4 is 10.1 Å². The number of carbonyl (C=O) groups excluding carboxylic acids is 3. The first-order valence-electron chi connectivity index (χ1n) is 7.85. The van der Waals surface area contributed by atoms with Crippen LogP contribution in [0.15, 0.2) is 42.5 Å². The molecule has 1 N–H and O–H groups in total. The first-order chi connectivity index (χ1) is 12.5. The van der Waals surface area contributed by atoms with Crippen LogP contribution in [-0.4, -0.2) is 38.7 Å². The lowest BCUT2D eigenvalue weighted by molar-refractivity contribution is 0.0587. The van der Waals surface area contributed by atoms with Crippen molar-refractivity contribution in [3.63, 3.8) is 0 Å². The third-order valence-corrected chi connectivity index (χ3v) is 3.53. The van der Waals surface area contributed by atoms with Crippen molar-refractivity contribution >= 4 is 23.5 Å². The Kier molecular flexibility index (Phi) is 6.32. The highest BCUT2D eigenvalue weighted by atomic mass is 16.5. The first kappa shape index (κ1) is 19.0. The van der Waals surface area contributed by atoms with Gasteiger partial charge in [-0.1, -0.05) is 12.1 Å². The van der Waals surface area contributed by atoms with Gasteiger partial charge in [-0.2, -0.15) is 0 Å². The summed E-state index contributed by atoms with van der Waals surface area (Å²) in [5.74, 6) is -1.31. The second kappa shape index (κ2) is 8.66. The van der Waals surface area contributed by atoms with Gasteiger partial charge < -0.3 is 19.5 Å². The van der Waals surface area contributed by atoms with Crippen LogP contribution in [-0.2, 0) is 9.47 Å². The van der Waals surface area contributed by atoms with Crippen LogP contribution in [0.5, 0.6) is 5.75 Å². The Morgan fingerprint density at radius 2 is 1.62 bits per heavy atom. The summed E-state index contributed by atoms with van der Waals surface area (Å²) in [6.45, 7) is 2.21. The van der Waals surface area contributed by atoms with Crippen molar-refractivity contribution < 1.29 is 28.6 Å². The van der Waals surface area contributed by atoms with E-state index in [-0.39, 0.29) is 16.8 Å². The van der Waals surface area contributed by atoms with E-state index in [2.05, 4.69) is 10.1 Å². The maximum atomic E-state index is 12.7. The van der Waals surface area contributed by atoms with Gasteiger partial charge in [-0.15, -0.1) is 0 Å². The van der Waals surface area contributed by atoms with Gasteiger partial charge in [0.25, 0.3) is 5.91 Å². The normalized spacial score (nSPS) is 9.96. The number of amides is 1. The molecule has 2 rings (SSSR count). The molecule has 0 heterocycles. The lowest BCUT2D eigenvalue weighted by atomic mass is 10.1. The topological polar surface area (TPSA) is 90.9 Å². The van der Waals surface area contributed by atoms with Gasteiger partial charge in [-0.05, 0) is 37.3 Å². The fourth-order valence-corrected chi connectivity index (χ4v) is 2.31. The Bertz CT molecular complexity index is 831. The molecule has 0 fully saturated rings. The number of nitrogens with one attached hydrogen (secondary N) is 1. The Hall–Kier alpha value is -3.35. The molecule has 0 atom stereocenters. The van der Waals surface area contributed by atoms with Crippen LogP contribution in [0.2, 0.25) is 0 Å². The van der Waals surface area contributed by atoms with Crippen molar-refractivity contribution in [1.82, 2.24) is 0 Å². The minimum Gasteiger partial charge on any atom is -0.493 e. The van der Waals surface area contributed by atoms with E-state index in [1.165, 1.54) is 32.4 Å². The summed E-state index contributed by atoms with van der Waals surface area (Å²) in [5, 5.41) is 2.63. The van der Waals surface area contributed by atoms with Crippen molar-refractivity contribution in [3.05, 3.63) is 59.2 Å². The molecule has 0 spiro atoms. The number of esters is 2. The number of methoxy groups -OCH3 is 2. The van der Waals surface area contributed by atoms with Crippen LogP contribution in [0.1, 0.15) is 38.0 Å². The lowest BCUT2D eigenvalue weighted by Crippen LogP contribution is -2.17. The highest BCUT2D eigenvalue weighted by Crippen LogP contribution is 2.23. The predicted octanol–water partition coefficient (Wildman–Crippen LogP) is 2.91. The van der Waals surface area contributed by atoms with Gasteiger partial charge in [0.15, 0.2) is 0 Å². The number of rotatable bonds is 6. The second-order valence-electron chi connectivity index (χ2n) is 5.13. The van der Waals surface area contributed by atoms with E-state index in [4.69, 9.17) is 9.47 Å². The van der Waals surface area contributed by atoms with Gasteiger partial charge in [-0.3, -0.25) is 4.79 Å². The maximum Gasteiger partial charge on any atom is 0.339 e. The van der Waals surface area contributed by atoms with Gasteiger partial charge in [0.1, 0.15) is 5.75 Å². The molecule has 7 nitrogen and oxygen atoms in total. The van der Waals surface area contributed by atoms with E-state index in [9.17, 15) is 14.4 Å². The summed E-state index contributed by atoms with van der Waals surface area (Å²) in [7, 11) is 2.47. The number of hydrogen-bond donors (Lipinski definition) is 1. The van der Waals surface area contributed by atoms with Crippen LogP contribution in [0.4, 0.5) is 5.69 Å². The highest BCUT2D eigenvalue weighted by Gasteiger charge is 2.19. The summed E-state index contributed by atoms with van der Waals surface area (Å²) in [4.78, 5) is 36.4. The van der Waals surface area contributed by atoms with Gasteiger partial charge in [-0.25, -0.2) is 9.59 Å². The third-order valence-electron chi connectivity index (χ3n) is 3.53. The van der Waals surface area contributed by atoms with Crippen molar-refractivity contribution in [2.24, 2.45) is 0 Å². The Morgan fingerprint density at radius 3 is 2.27 bits per heavy atom. The molecule has 2 aromatic carbocycles. The van der Waals surface area contributed by atoms with Crippen LogP contribution >= 0.6 is 0 Å². The van der Waals surface area contributed by atoms with E-state index in [0.29, 0.717) is 17.9 Å². The molecular formula is C19H19NO6. The van der Waals surface area contributed by atoms with Crippen molar-refractivity contribution in [3.8, 4) is 5.75 Å². The smallest absolute Gasteiger partial charge is 0.339 e. The monoisotopic (exact) mass is 357 g/mol. The molecule has 0 saturated carbocycles. The zero-order valence-electron chi connectivity index (χ0n) is 14.7. The Labute approximate surface area is 150 Å². The fraction of sp³-hybridized carbons (Fsp3) is 0.211. The molecule has 1 amide bonds. The van der Waals surface area contributed by atoms with Crippen LogP contribution in [0.3, 0.4) is 0 Å². The van der Waals surface area contributed by atoms with Gasteiger partial charge in [0, 0.05) is 0 Å². The first-order valence-corrected chi connectivity index (χ1v) is 7.85. The number of hydrogen-bond acceptors (Lipinski definition) is 6. The third kappa shape index (κ3) is 4.18. The molecule has 7 heteroatoms. The summed E-state index contributed by atoms with van der Waals surface area (Å²) >= 11 is 0. The van der Waals surface area contributed by atoms with Gasteiger partial charge >= 0.3 is 11.9 Å². The average molecular weight is 357 g/mol. The van der Waals surface area contributed by atoms with E-state index in [1.807, 2.05) is 6.92 Å². The zero-order chi connectivity index (χ0) is 19.1. The average Bonchev–Trinajstić information content (AvgIpc) is 2.67. The zero-order valence-corrected chi connectivity index (χ0v) is 14.7. The SMILES string of the molecule is CCOc1ccccc1C(=O)Nc1cc(C(=O)OC)ccc1C(=O)OC. The summed E-state index contributed by atoms with van der Waals surface area (Å²) in [6, 6.07) is 10.9. The standard InChI is InChI=1S/C19H19NO6/c1-4-26-16-8-6-5-7-14(16)17(21)20-15-11-12(18(22)24-2)9-10-13(15)19(23)25-3/h5-11H,4H2,1-3H3,(H,20,21). The van der Waals surface area contributed by atoms with Crippen LogP contribution in [0.25, 0.3) is 0 Å². The number of carbonyl (C=O) groups is 3. The molecule has 0 radical (unpaired) electrons. The second-order valence-corrected chi connectivity index (χ2v) is 5.13. The van der Waals surface area contributed by atoms with Crippen molar-refractivity contribution in [2.45, 2.75) is 6.92 Å². The minimum absolute atomic E-state index is 0.113. The quantitative estimate of drug-likeness (QED) is 0.800. The fourth-order valence-electron chi connectivity index (χ4n) is 2.31. The molecule has 0 saturated heterocycles. The molecular weight excluding hydrogens is 338 g/mol. The number of benzene rings is 2. The lowest BCUT2D eigenvalue weighted by Gasteiger charge is -2.13. The van der Waals surface area contributed by atoms with Crippen molar-refractivity contribution in [1.29, 1.82) is 0 Å². The minimum atomic E-state index is -0.644. The Morgan fingerprint density at radius 1 is 0.923 bits per heavy atom. The predicted molar refractivity (Wildman–Crippen MR) is 94.7 cm³/mol. The number of ether oxygens (including phenoxy) is 3. The van der Waals surface area contributed by atoms with Crippen LogP contribution in [0, 0.1) is 0 Å².